The van der Waals surface area contributed by atoms with Gasteiger partial charge in [0.25, 0.3) is 0 Å². The molecule has 1 N–H and O–H groups in total. The van der Waals surface area contributed by atoms with Gasteiger partial charge < -0.3 is 10.0 Å². The molecule has 1 aliphatic rings. The number of carboxylic acids is 1. The molecule has 0 unspecified atom stereocenters. The first-order valence-electron chi connectivity index (χ1n) is 7.30. The molecule has 122 valence electrons. The van der Waals surface area contributed by atoms with Gasteiger partial charge in [-0.2, -0.15) is 13.2 Å². The molecule has 3 rings (SSSR count). The standard InChI is InChI=1S/C16H15F3N2O2/c17-16(18,19)12-5-7-21(8-6-12)14-4-2-10-9-11(15(22)23)1-3-13(10)20-14/h1-4,9,12H,5-8H2,(H,22,23). The Morgan fingerprint density at radius 3 is 2.48 bits per heavy atom. The first-order chi connectivity index (χ1) is 10.8. The van der Waals surface area contributed by atoms with E-state index >= 15 is 0 Å². The number of nitrogens with zero attached hydrogens (tertiary/aromatic N) is 2. The lowest BCUT2D eigenvalue weighted by atomic mass is 9.96. The van der Waals surface area contributed by atoms with Gasteiger partial charge in [-0.25, -0.2) is 9.78 Å². The highest BCUT2D eigenvalue weighted by molar-refractivity contribution is 5.93. The van der Waals surface area contributed by atoms with Crippen LogP contribution in [0.25, 0.3) is 10.9 Å². The van der Waals surface area contributed by atoms with Crippen LogP contribution >= 0.6 is 0 Å². The lowest BCUT2D eigenvalue weighted by Crippen LogP contribution is -2.39. The molecule has 23 heavy (non-hydrogen) atoms. The zero-order valence-corrected chi connectivity index (χ0v) is 12.2. The first kappa shape index (κ1) is 15.6. The lowest BCUT2D eigenvalue weighted by molar-refractivity contribution is -0.179. The number of hydrogen-bond donors (Lipinski definition) is 1. The minimum Gasteiger partial charge on any atom is -0.478 e. The smallest absolute Gasteiger partial charge is 0.391 e. The van der Waals surface area contributed by atoms with E-state index in [4.69, 9.17) is 5.11 Å². The summed E-state index contributed by atoms with van der Waals surface area (Å²) >= 11 is 0. The summed E-state index contributed by atoms with van der Waals surface area (Å²) < 4.78 is 38.1. The van der Waals surface area contributed by atoms with Gasteiger partial charge in [0.15, 0.2) is 0 Å². The van der Waals surface area contributed by atoms with Crippen LogP contribution in [-0.2, 0) is 0 Å². The summed E-state index contributed by atoms with van der Waals surface area (Å²) in [6, 6.07) is 8.09. The van der Waals surface area contributed by atoms with E-state index < -0.39 is 18.1 Å². The topological polar surface area (TPSA) is 53.4 Å². The Kier molecular flexibility index (Phi) is 3.87. The van der Waals surface area contributed by atoms with Crippen LogP contribution < -0.4 is 4.90 Å². The predicted molar refractivity (Wildman–Crippen MR) is 79.7 cm³/mol. The molecule has 2 aromatic rings. The van der Waals surface area contributed by atoms with Gasteiger partial charge in [0.05, 0.1) is 17.0 Å². The van der Waals surface area contributed by atoms with E-state index in [1.165, 1.54) is 12.1 Å². The van der Waals surface area contributed by atoms with E-state index in [1.807, 2.05) is 4.90 Å². The lowest BCUT2D eigenvalue weighted by Gasteiger charge is -2.33. The number of hydrogen-bond acceptors (Lipinski definition) is 3. The third-order valence-electron chi connectivity index (χ3n) is 4.20. The molecule has 0 saturated carbocycles. The highest BCUT2D eigenvalue weighted by Crippen LogP contribution is 2.35. The fraction of sp³-hybridized carbons (Fsp3) is 0.375. The van der Waals surface area contributed by atoms with Crippen LogP contribution in [0.5, 0.6) is 0 Å². The Labute approximate surface area is 130 Å². The van der Waals surface area contributed by atoms with E-state index in [1.54, 1.807) is 18.2 Å². The maximum atomic E-state index is 12.7. The highest BCUT2D eigenvalue weighted by atomic mass is 19.4. The van der Waals surface area contributed by atoms with E-state index in [9.17, 15) is 18.0 Å². The van der Waals surface area contributed by atoms with Crippen LogP contribution in [0, 0.1) is 5.92 Å². The van der Waals surface area contributed by atoms with Crippen LogP contribution in [0.4, 0.5) is 19.0 Å². The fourth-order valence-corrected chi connectivity index (χ4v) is 2.86. The number of halogens is 3. The normalized spacial score (nSPS) is 16.7. The van der Waals surface area contributed by atoms with Gasteiger partial charge in [0.2, 0.25) is 0 Å². The molecule has 1 aromatic heterocycles. The molecule has 2 heterocycles. The van der Waals surface area contributed by atoms with Crippen molar-refractivity contribution in [1.29, 1.82) is 0 Å². The number of piperidine rings is 1. The molecule has 4 nitrogen and oxygen atoms in total. The number of anilines is 1. The van der Waals surface area contributed by atoms with Gasteiger partial charge in [-0.3, -0.25) is 0 Å². The van der Waals surface area contributed by atoms with Gasteiger partial charge in [-0.05, 0) is 43.2 Å². The van der Waals surface area contributed by atoms with Crippen molar-refractivity contribution in [1.82, 2.24) is 4.98 Å². The Bertz CT molecular complexity index is 738. The summed E-state index contributed by atoms with van der Waals surface area (Å²) in [6.45, 7) is 0.631. The van der Waals surface area contributed by atoms with Crippen LogP contribution in [0.3, 0.4) is 0 Å². The second-order valence-electron chi connectivity index (χ2n) is 5.69. The molecule has 0 atom stereocenters. The first-order valence-corrected chi connectivity index (χ1v) is 7.30. The van der Waals surface area contributed by atoms with Crippen molar-refractivity contribution in [3.05, 3.63) is 35.9 Å². The molecule has 1 fully saturated rings. The van der Waals surface area contributed by atoms with Crippen molar-refractivity contribution < 1.29 is 23.1 Å². The number of alkyl halides is 3. The largest absolute Gasteiger partial charge is 0.478 e. The Balaban J connectivity index is 1.79. The molecular weight excluding hydrogens is 309 g/mol. The summed E-state index contributed by atoms with van der Waals surface area (Å²) in [4.78, 5) is 17.2. The minimum absolute atomic E-state index is 0.0706. The number of carboxylic acid groups (broad SMARTS) is 1. The van der Waals surface area contributed by atoms with Gasteiger partial charge in [0, 0.05) is 18.5 Å². The van der Waals surface area contributed by atoms with Crippen molar-refractivity contribution in [2.24, 2.45) is 5.92 Å². The molecule has 0 bridgehead atoms. The van der Waals surface area contributed by atoms with E-state index in [-0.39, 0.29) is 18.4 Å². The summed E-state index contributed by atoms with van der Waals surface area (Å²) in [5.74, 6) is -1.62. The Morgan fingerprint density at radius 2 is 1.87 bits per heavy atom. The molecule has 7 heteroatoms. The van der Waals surface area contributed by atoms with Crippen LogP contribution in [-0.4, -0.2) is 35.3 Å². The molecule has 0 amide bonds. The van der Waals surface area contributed by atoms with Crippen LogP contribution in [0.15, 0.2) is 30.3 Å². The molecule has 0 aliphatic carbocycles. The number of pyridine rings is 1. The van der Waals surface area contributed by atoms with Crippen molar-refractivity contribution in [3.63, 3.8) is 0 Å². The quantitative estimate of drug-likeness (QED) is 0.915. The number of fused-ring (bicyclic) bond motifs is 1. The molecule has 0 spiro atoms. The van der Waals surface area contributed by atoms with Crippen molar-refractivity contribution >= 4 is 22.7 Å². The van der Waals surface area contributed by atoms with Crippen LogP contribution in [0.1, 0.15) is 23.2 Å². The molecule has 1 saturated heterocycles. The summed E-state index contributed by atoms with van der Waals surface area (Å²) in [6.07, 6.45) is -3.99. The molecule has 1 aromatic carbocycles. The average Bonchev–Trinajstić information content (AvgIpc) is 2.53. The highest BCUT2D eigenvalue weighted by Gasteiger charge is 2.41. The van der Waals surface area contributed by atoms with E-state index in [0.717, 1.165) is 0 Å². The second-order valence-corrected chi connectivity index (χ2v) is 5.69. The van der Waals surface area contributed by atoms with Crippen molar-refractivity contribution in [2.45, 2.75) is 19.0 Å². The number of carbonyl (C=O) groups is 1. The SMILES string of the molecule is O=C(O)c1ccc2nc(N3CCC(C(F)(F)F)CC3)ccc2c1. The Hall–Kier alpha value is -2.31. The van der Waals surface area contributed by atoms with Gasteiger partial charge in [-0.15, -0.1) is 0 Å². The van der Waals surface area contributed by atoms with Gasteiger partial charge in [0.1, 0.15) is 5.82 Å². The second kappa shape index (κ2) is 5.72. The third kappa shape index (κ3) is 3.23. The van der Waals surface area contributed by atoms with Crippen molar-refractivity contribution in [3.8, 4) is 0 Å². The van der Waals surface area contributed by atoms with Gasteiger partial charge >= 0.3 is 12.1 Å². The summed E-state index contributed by atoms with van der Waals surface area (Å²) in [5.41, 5.74) is 0.809. The zero-order valence-electron chi connectivity index (χ0n) is 12.2. The van der Waals surface area contributed by atoms with Crippen molar-refractivity contribution in [2.75, 3.05) is 18.0 Å². The molecular formula is C16H15F3N2O2. The minimum atomic E-state index is -4.13. The van der Waals surface area contributed by atoms with E-state index in [0.29, 0.717) is 29.8 Å². The van der Waals surface area contributed by atoms with E-state index in [2.05, 4.69) is 4.98 Å². The maximum Gasteiger partial charge on any atom is 0.391 e. The van der Waals surface area contributed by atoms with Crippen LogP contribution in [0.2, 0.25) is 0 Å². The third-order valence-corrected chi connectivity index (χ3v) is 4.20. The number of benzene rings is 1. The Morgan fingerprint density at radius 1 is 1.17 bits per heavy atom. The maximum absolute atomic E-state index is 12.7. The predicted octanol–water partition coefficient (Wildman–Crippen LogP) is 3.71. The monoisotopic (exact) mass is 324 g/mol. The number of rotatable bonds is 2. The zero-order chi connectivity index (χ0) is 16.6. The number of aromatic carboxylic acids is 1. The molecule has 1 aliphatic heterocycles. The summed E-state index contributed by atoms with van der Waals surface area (Å²) in [7, 11) is 0. The average molecular weight is 324 g/mol. The molecule has 0 radical (unpaired) electrons. The number of aromatic nitrogens is 1. The fourth-order valence-electron chi connectivity index (χ4n) is 2.86. The summed E-state index contributed by atoms with van der Waals surface area (Å²) in [5, 5.41) is 9.67. The van der Waals surface area contributed by atoms with Gasteiger partial charge in [-0.1, -0.05) is 0 Å².